The summed E-state index contributed by atoms with van der Waals surface area (Å²) in [5, 5.41) is 12.8. The van der Waals surface area contributed by atoms with Crippen molar-refractivity contribution in [1.82, 2.24) is 9.78 Å². The number of aryl methyl sites for hydroxylation is 1. The largest absolute Gasteiger partial charge is 0.478 e. The monoisotopic (exact) mass is 234 g/mol. The molecule has 2 aromatic heterocycles. The summed E-state index contributed by atoms with van der Waals surface area (Å²) >= 11 is 0. The molecule has 0 radical (unpaired) electrons. The molecule has 0 fully saturated rings. The van der Waals surface area contributed by atoms with Crippen molar-refractivity contribution in [2.45, 2.75) is 13.5 Å². The van der Waals surface area contributed by atoms with Gasteiger partial charge in [-0.1, -0.05) is 0 Å². The molecule has 0 bridgehead atoms. The van der Waals surface area contributed by atoms with Crippen LogP contribution in [0.25, 0.3) is 0 Å². The highest BCUT2D eigenvalue weighted by atomic mass is 16.4. The first-order valence-electron chi connectivity index (χ1n) is 4.91. The second-order valence-electron chi connectivity index (χ2n) is 3.59. The molecule has 1 N–H and O–H groups in total. The van der Waals surface area contributed by atoms with Crippen LogP contribution in [-0.2, 0) is 6.54 Å². The van der Waals surface area contributed by atoms with Gasteiger partial charge in [0.25, 0.3) is 5.56 Å². The zero-order valence-corrected chi connectivity index (χ0v) is 9.08. The third-order valence-corrected chi connectivity index (χ3v) is 2.28. The van der Waals surface area contributed by atoms with Crippen LogP contribution in [0.1, 0.15) is 21.7 Å². The van der Waals surface area contributed by atoms with Gasteiger partial charge >= 0.3 is 5.97 Å². The first-order chi connectivity index (χ1) is 8.08. The molecule has 0 aromatic carbocycles. The number of nitrogens with zero attached hydrogens (tertiary/aromatic N) is 2. The molecule has 6 heteroatoms. The van der Waals surface area contributed by atoms with E-state index in [2.05, 4.69) is 5.10 Å². The van der Waals surface area contributed by atoms with E-state index in [4.69, 9.17) is 9.52 Å². The smallest absolute Gasteiger partial charge is 0.339 e. The first kappa shape index (κ1) is 11.1. The fraction of sp³-hybridized carbons (Fsp3) is 0.182. The number of carboxylic acid groups (broad SMARTS) is 1. The molecule has 0 aliphatic heterocycles. The van der Waals surface area contributed by atoms with Crippen LogP contribution in [0.5, 0.6) is 0 Å². The highest BCUT2D eigenvalue weighted by molar-refractivity contribution is 5.88. The maximum atomic E-state index is 11.6. The van der Waals surface area contributed by atoms with Crippen molar-refractivity contribution >= 4 is 5.97 Å². The van der Waals surface area contributed by atoms with E-state index in [1.165, 1.54) is 24.6 Å². The molecular weight excluding hydrogens is 224 g/mol. The molecule has 17 heavy (non-hydrogen) atoms. The van der Waals surface area contributed by atoms with Gasteiger partial charge in [0, 0.05) is 6.07 Å². The molecule has 2 rings (SSSR count). The number of aromatic nitrogens is 2. The van der Waals surface area contributed by atoms with Crippen molar-refractivity contribution in [3.05, 3.63) is 51.8 Å². The van der Waals surface area contributed by atoms with Crippen molar-refractivity contribution < 1.29 is 14.3 Å². The van der Waals surface area contributed by atoms with Gasteiger partial charge in [-0.05, 0) is 18.6 Å². The summed E-state index contributed by atoms with van der Waals surface area (Å²) in [5.74, 6) is -0.884. The Morgan fingerprint density at radius 3 is 3.00 bits per heavy atom. The molecule has 6 nitrogen and oxygen atoms in total. The molecule has 0 aliphatic rings. The van der Waals surface area contributed by atoms with E-state index in [1.807, 2.05) is 0 Å². The van der Waals surface area contributed by atoms with E-state index in [9.17, 15) is 9.59 Å². The van der Waals surface area contributed by atoms with Crippen LogP contribution in [0.4, 0.5) is 0 Å². The Balaban J connectivity index is 2.35. The molecule has 0 amide bonds. The van der Waals surface area contributed by atoms with Crippen LogP contribution in [0.2, 0.25) is 0 Å². The minimum atomic E-state index is -1.09. The van der Waals surface area contributed by atoms with Gasteiger partial charge in [0.05, 0.1) is 12.5 Å². The Morgan fingerprint density at radius 2 is 2.35 bits per heavy atom. The number of rotatable bonds is 3. The van der Waals surface area contributed by atoms with Gasteiger partial charge in [-0.25, -0.2) is 9.48 Å². The Hall–Kier alpha value is -2.37. The topological polar surface area (TPSA) is 85.3 Å². The number of carboxylic acids is 1. The van der Waals surface area contributed by atoms with Gasteiger partial charge in [0.1, 0.15) is 17.9 Å². The summed E-state index contributed by atoms with van der Waals surface area (Å²) in [6.45, 7) is 1.77. The van der Waals surface area contributed by atoms with Crippen LogP contribution in [0.15, 0.2) is 33.8 Å². The summed E-state index contributed by atoms with van der Waals surface area (Å²) in [4.78, 5) is 22.4. The second kappa shape index (κ2) is 4.25. The second-order valence-corrected chi connectivity index (χ2v) is 3.59. The normalized spacial score (nSPS) is 10.4. The summed E-state index contributed by atoms with van der Waals surface area (Å²) in [6.07, 6.45) is 2.81. The van der Waals surface area contributed by atoms with Crippen molar-refractivity contribution in [3.8, 4) is 0 Å². The van der Waals surface area contributed by atoms with E-state index in [0.717, 1.165) is 10.2 Å². The van der Waals surface area contributed by atoms with Crippen LogP contribution in [0, 0.1) is 6.92 Å². The lowest BCUT2D eigenvalue weighted by atomic mass is 10.2. The zero-order chi connectivity index (χ0) is 12.4. The van der Waals surface area contributed by atoms with Crippen LogP contribution in [-0.4, -0.2) is 20.9 Å². The minimum absolute atomic E-state index is 0.00769. The van der Waals surface area contributed by atoms with Gasteiger partial charge in [-0.15, -0.1) is 0 Å². The summed E-state index contributed by atoms with van der Waals surface area (Å²) in [5.41, 5.74) is 0.501. The highest BCUT2D eigenvalue weighted by Crippen LogP contribution is 2.11. The molecule has 0 aliphatic carbocycles. The molecule has 88 valence electrons. The fourth-order valence-corrected chi connectivity index (χ4v) is 1.43. The summed E-state index contributed by atoms with van der Waals surface area (Å²) in [7, 11) is 0. The molecule has 2 heterocycles. The molecule has 0 spiro atoms. The Bertz CT molecular complexity index is 612. The number of carbonyl (C=O) groups is 1. The van der Waals surface area contributed by atoms with Gasteiger partial charge in [-0.2, -0.15) is 5.10 Å². The predicted molar refractivity (Wildman–Crippen MR) is 58.0 cm³/mol. The maximum Gasteiger partial charge on any atom is 0.339 e. The van der Waals surface area contributed by atoms with Crippen molar-refractivity contribution in [2.75, 3.05) is 0 Å². The third kappa shape index (κ3) is 2.25. The van der Waals surface area contributed by atoms with Crippen LogP contribution in [0.3, 0.4) is 0 Å². The van der Waals surface area contributed by atoms with Gasteiger partial charge in [-0.3, -0.25) is 4.79 Å². The lowest BCUT2D eigenvalue weighted by Gasteiger charge is -2.02. The number of hydrogen-bond acceptors (Lipinski definition) is 4. The van der Waals surface area contributed by atoms with Gasteiger partial charge in [0.2, 0.25) is 0 Å². The van der Waals surface area contributed by atoms with Crippen LogP contribution < -0.4 is 5.56 Å². The number of aromatic carboxylic acids is 1. The average molecular weight is 234 g/mol. The maximum absolute atomic E-state index is 11.6. The summed E-state index contributed by atoms with van der Waals surface area (Å²) in [6, 6.07) is 2.77. The van der Waals surface area contributed by atoms with E-state index >= 15 is 0 Å². The van der Waals surface area contributed by atoms with Gasteiger partial charge in [0.15, 0.2) is 0 Å². The summed E-state index contributed by atoms with van der Waals surface area (Å²) < 4.78 is 6.19. The van der Waals surface area contributed by atoms with Crippen LogP contribution >= 0.6 is 0 Å². The molecule has 2 aromatic rings. The SMILES string of the molecule is Cc1cnn(Cc2occc2C(=O)O)c(=O)c1. The Labute approximate surface area is 96.1 Å². The predicted octanol–water partition coefficient (Wildman–Crippen LogP) is 0.891. The van der Waals surface area contributed by atoms with E-state index < -0.39 is 5.97 Å². The average Bonchev–Trinajstić information content (AvgIpc) is 2.70. The molecular formula is C11H10N2O4. The number of furan rings is 1. The third-order valence-electron chi connectivity index (χ3n) is 2.28. The highest BCUT2D eigenvalue weighted by Gasteiger charge is 2.14. The Kier molecular flexibility index (Phi) is 2.78. The molecule has 0 atom stereocenters. The van der Waals surface area contributed by atoms with Crippen molar-refractivity contribution in [1.29, 1.82) is 0 Å². The number of hydrogen-bond donors (Lipinski definition) is 1. The minimum Gasteiger partial charge on any atom is -0.478 e. The lowest BCUT2D eigenvalue weighted by molar-refractivity contribution is 0.0694. The van der Waals surface area contributed by atoms with Crippen molar-refractivity contribution in [2.24, 2.45) is 0 Å². The van der Waals surface area contributed by atoms with E-state index in [1.54, 1.807) is 6.92 Å². The molecule has 0 saturated carbocycles. The fourth-order valence-electron chi connectivity index (χ4n) is 1.43. The van der Waals surface area contributed by atoms with E-state index in [-0.39, 0.29) is 23.4 Å². The quantitative estimate of drug-likeness (QED) is 0.852. The zero-order valence-electron chi connectivity index (χ0n) is 9.08. The first-order valence-corrected chi connectivity index (χ1v) is 4.91. The van der Waals surface area contributed by atoms with Crippen molar-refractivity contribution in [3.63, 3.8) is 0 Å². The molecule has 0 saturated heterocycles. The van der Waals surface area contributed by atoms with Gasteiger partial charge < -0.3 is 9.52 Å². The Morgan fingerprint density at radius 1 is 1.59 bits per heavy atom. The standard InChI is InChI=1S/C11H10N2O4/c1-7-4-10(14)13(12-5-7)6-9-8(11(15)16)2-3-17-9/h2-5H,6H2,1H3,(H,15,16). The molecule has 0 unspecified atom stereocenters. The lowest BCUT2D eigenvalue weighted by Crippen LogP contribution is -2.23. The van der Waals surface area contributed by atoms with E-state index in [0.29, 0.717) is 0 Å².